The second-order valence-corrected chi connectivity index (χ2v) is 6.80. The van der Waals surface area contributed by atoms with Gasteiger partial charge in [0, 0.05) is 37.4 Å². The standard InChI is InChI=1S/C16H20F3N7/c17-16(18,19)11-7-21-15(22-8-11)23-12-3-1-2-10(6-12)14-25-24-13-9-20-4-5-26(13)14/h7-8,10,12,20H,1-6,9H2,(H,21,22,23)/t10-,12+/m0/s1. The third-order valence-corrected chi connectivity index (χ3v) is 5.00. The van der Waals surface area contributed by atoms with Gasteiger partial charge < -0.3 is 15.2 Å². The van der Waals surface area contributed by atoms with E-state index in [9.17, 15) is 13.2 Å². The first kappa shape index (κ1) is 17.2. The summed E-state index contributed by atoms with van der Waals surface area (Å²) in [5.41, 5.74) is -0.840. The van der Waals surface area contributed by atoms with Crippen LogP contribution in [0.25, 0.3) is 0 Å². The molecule has 2 atom stereocenters. The van der Waals surface area contributed by atoms with Crippen LogP contribution in [0, 0.1) is 0 Å². The van der Waals surface area contributed by atoms with Gasteiger partial charge in [0.25, 0.3) is 0 Å². The van der Waals surface area contributed by atoms with Crippen molar-refractivity contribution in [3.8, 4) is 0 Å². The van der Waals surface area contributed by atoms with E-state index in [1.54, 1.807) is 0 Å². The van der Waals surface area contributed by atoms with E-state index in [4.69, 9.17) is 0 Å². The van der Waals surface area contributed by atoms with E-state index in [1.807, 2.05) is 0 Å². The first-order valence-corrected chi connectivity index (χ1v) is 8.79. The molecule has 1 aliphatic heterocycles. The Morgan fingerprint density at radius 2 is 1.96 bits per heavy atom. The molecule has 1 saturated carbocycles. The van der Waals surface area contributed by atoms with Crippen LogP contribution in [0.3, 0.4) is 0 Å². The highest BCUT2D eigenvalue weighted by Crippen LogP contribution is 2.34. The van der Waals surface area contributed by atoms with Gasteiger partial charge in [-0.25, -0.2) is 9.97 Å². The Morgan fingerprint density at radius 3 is 2.73 bits per heavy atom. The van der Waals surface area contributed by atoms with Crippen molar-refractivity contribution in [1.29, 1.82) is 0 Å². The third-order valence-electron chi connectivity index (χ3n) is 5.00. The molecule has 0 amide bonds. The average Bonchev–Trinajstić information content (AvgIpc) is 3.06. The molecular weight excluding hydrogens is 347 g/mol. The maximum atomic E-state index is 12.6. The highest BCUT2D eigenvalue weighted by molar-refractivity contribution is 5.28. The zero-order valence-corrected chi connectivity index (χ0v) is 14.1. The fraction of sp³-hybridized carbons (Fsp3) is 0.625. The minimum absolute atomic E-state index is 0.111. The summed E-state index contributed by atoms with van der Waals surface area (Å²) in [6.45, 7) is 2.51. The Labute approximate surface area is 148 Å². The fourth-order valence-electron chi connectivity index (χ4n) is 3.70. The number of nitrogens with zero attached hydrogens (tertiary/aromatic N) is 5. The lowest BCUT2D eigenvalue weighted by atomic mass is 9.85. The molecule has 26 heavy (non-hydrogen) atoms. The van der Waals surface area contributed by atoms with E-state index < -0.39 is 11.7 Å². The van der Waals surface area contributed by atoms with Crippen LogP contribution < -0.4 is 10.6 Å². The van der Waals surface area contributed by atoms with Crippen LogP contribution in [-0.2, 0) is 19.3 Å². The van der Waals surface area contributed by atoms with Gasteiger partial charge in [-0.05, 0) is 19.3 Å². The van der Waals surface area contributed by atoms with Crippen LogP contribution in [0.15, 0.2) is 12.4 Å². The second-order valence-electron chi connectivity index (χ2n) is 6.80. The van der Waals surface area contributed by atoms with Gasteiger partial charge >= 0.3 is 6.18 Å². The number of rotatable bonds is 3. The Kier molecular flexibility index (Phi) is 4.51. The van der Waals surface area contributed by atoms with Crippen LogP contribution in [-0.4, -0.2) is 37.3 Å². The predicted octanol–water partition coefficient (Wildman–Crippen LogP) is 2.33. The summed E-state index contributed by atoms with van der Waals surface area (Å²) in [4.78, 5) is 7.63. The smallest absolute Gasteiger partial charge is 0.351 e. The SMILES string of the molecule is FC(F)(F)c1cnc(N[C@@H]2CCC[C@H](c3nnc4n3CCNC4)C2)nc1. The Bertz CT molecular complexity index is 756. The molecule has 0 radical (unpaired) electrons. The van der Waals surface area contributed by atoms with E-state index in [0.717, 1.165) is 69.4 Å². The minimum atomic E-state index is -4.42. The average molecular weight is 367 g/mol. The van der Waals surface area contributed by atoms with Crippen LogP contribution >= 0.6 is 0 Å². The monoisotopic (exact) mass is 367 g/mol. The van der Waals surface area contributed by atoms with Crippen molar-refractivity contribution in [2.75, 3.05) is 11.9 Å². The van der Waals surface area contributed by atoms with Gasteiger partial charge in [-0.3, -0.25) is 0 Å². The number of fused-ring (bicyclic) bond motifs is 1. The fourth-order valence-corrected chi connectivity index (χ4v) is 3.70. The van der Waals surface area contributed by atoms with Crippen molar-refractivity contribution >= 4 is 5.95 Å². The molecule has 0 aromatic carbocycles. The molecule has 0 unspecified atom stereocenters. The summed E-state index contributed by atoms with van der Waals surface area (Å²) in [6.07, 6.45) is 1.05. The van der Waals surface area contributed by atoms with Crippen LogP contribution in [0.4, 0.5) is 19.1 Å². The largest absolute Gasteiger partial charge is 0.419 e. The van der Waals surface area contributed by atoms with Gasteiger partial charge in [0.1, 0.15) is 11.6 Å². The second kappa shape index (κ2) is 6.82. The van der Waals surface area contributed by atoms with Gasteiger partial charge in [0.05, 0.1) is 12.1 Å². The van der Waals surface area contributed by atoms with Gasteiger partial charge in [-0.1, -0.05) is 6.42 Å². The number of hydrogen-bond donors (Lipinski definition) is 2. The van der Waals surface area contributed by atoms with Crippen molar-refractivity contribution in [1.82, 2.24) is 30.0 Å². The zero-order valence-electron chi connectivity index (χ0n) is 14.1. The molecule has 2 aliphatic rings. The molecular formula is C16H20F3N7. The normalized spacial score (nSPS) is 23.5. The first-order valence-electron chi connectivity index (χ1n) is 8.79. The van der Waals surface area contributed by atoms with Crippen molar-refractivity contribution in [3.63, 3.8) is 0 Å². The predicted molar refractivity (Wildman–Crippen MR) is 87.4 cm³/mol. The van der Waals surface area contributed by atoms with Crippen LogP contribution in [0.5, 0.6) is 0 Å². The highest BCUT2D eigenvalue weighted by atomic mass is 19.4. The molecule has 0 spiro atoms. The highest BCUT2D eigenvalue weighted by Gasteiger charge is 2.32. The van der Waals surface area contributed by atoms with E-state index in [0.29, 0.717) is 0 Å². The Hall–Kier alpha value is -2.23. The van der Waals surface area contributed by atoms with Gasteiger partial charge in [0.2, 0.25) is 5.95 Å². The first-order chi connectivity index (χ1) is 12.5. The van der Waals surface area contributed by atoms with Crippen molar-refractivity contribution in [2.24, 2.45) is 0 Å². The van der Waals surface area contributed by atoms with Crippen molar-refractivity contribution < 1.29 is 13.2 Å². The maximum absolute atomic E-state index is 12.6. The molecule has 4 rings (SSSR count). The Morgan fingerprint density at radius 1 is 1.15 bits per heavy atom. The molecule has 2 N–H and O–H groups in total. The maximum Gasteiger partial charge on any atom is 0.419 e. The third kappa shape index (κ3) is 3.50. The summed E-state index contributed by atoms with van der Waals surface area (Å²) in [6, 6.07) is 0.111. The van der Waals surface area contributed by atoms with Crippen LogP contribution in [0.1, 0.15) is 48.8 Å². The minimum Gasteiger partial charge on any atom is -0.351 e. The number of halogens is 3. The van der Waals surface area contributed by atoms with Gasteiger partial charge in [0.15, 0.2) is 0 Å². The molecule has 10 heteroatoms. The lowest BCUT2D eigenvalue weighted by molar-refractivity contribution is -0.138. The lowest BCUT2D eigenvalue weighted by Gasteiger charge is -2.30. The quantitative estimate of drug-likeness (QED) is 0.867. The van der Waals surface area contributed by atoms with Crippen molar-refractivity contribution in [3.05, 3.63) is 29.6 Å². The molecule has 1 fully saturated rings. The summed E-state index contributed by atoms with van der Waals surface area (Å²) in [5.74, 6) is 2.50. The molecule has 2 aromatic heterocycles. The van der Waals surface area contributed by atoms with Crippen LogP contribution in [0.2, 0.25) is 0 Å². The van der Waals surface area contributed by atoms with E-state index in [2.05, 4.69) is 35.4 Å². The molecule has 1 aliphatic carbocycles. The lowest BCUT2D eigenvalue weighted by Crippen LogP contribution is -2.32. The van der Waals surface area contributed by atoms with Gasteiger partial charge in [-0.2, -0.15) is 13.2 Å². The van der Waals surface area contributed by atoms with Crippen molar-refractivity contribution in [2.45, 2.75) is 56.9 Å². The van der Waals surface area contributed by atoms with Gasteiger partial charge in [-0.15, -0.1) is 10.2 Å². The number of aromatic nitrogens is 5. The molecule has 140 valence electrons. The van der Waals surface area contributed by atoms with E-state index in [-0.39, 0.29) is 17.9 Å². The summed E-state index contributed by atoms with van der Waals surface area (Å²) in [5, 5.41) is 15.1. The molecule has 0 saturated heterocycles. The number of hydrogen-bond acceptors (Lipinski definition) is 6. The van der Waals surface area contributed by atoms with E-state index >= 15 is 0 Å². The van der Waals surface area contributed by atoms with E-state index in [1.165, 1.54) is 0 Å². The summed E-state index contributed by atoms with van der Waals surface area (Å²) in [7, 11) is 0. The summed E-state index contributed by atoms with van der Waals surface area (Å²) < 4.78 is 40.0. The topological polar surface area (TPSA) is 80.5 Å². The molecule has 3 heterocycles. The number of anilines is 1. The molecule has 2 aromatic rings. The Balaban J connectivity index is 1.43. The number of nitrogens with one attached hydrogen (secondary N) is 2. The molecule has 7 nitrogen and oxygen atoms in total. The summed E-state index contributed by atoms with van der Waals surface area (Å²) >= 11 is 0. The molecule has 0 bridgehead atoms. The zero-order chi connectivity index (χ0) is 18.1. The number of alkyl halides is 3.